The van der Waals surface area contributed by atoms with Crippen molar-refractivity contribution in [2.24, 2.45) is 0 Å². The summed E-state index contributed by atoms with van der Waals surface area (Å²) in [6, 6.07) is 18.1. The maximum Gasteiger partial charge on any atom is 0.292 e. The van der Waals surface area contributed by atoms with E-state index >= 15 is 0 Å². The van der Waals surface area contributed by atoms with Gasteiger partial charge in [0, 0.05) is 51.2 Å². The molecule has 0 saturated carbocycles. The summed E-state index contributed by atoms with van der Waals surface area (Å²) in [5.41, 5.74) is 3.27. The maximum absolute atomic E-state index is 12.6. The van der Waals surface area contributed by atoms with Crippen molar-refractivity contribution in [1.29, 1.82) is 0 Å². The highest BCUT2D eigenvalue weighted by molar-refractivity contribution is 5.97. The predicted molar refractivity (Wildman–Crippen MR) is 133 cm³/mol. The van der Waals surface area contributed by atoms with Crippen LogP contribution < -0.4 is 15.5 Å². The van der Waals surface area contributed by atoms with Gasteiger partial charge in [0.15, 0.2) is 0 Å². The van der Waals surface area contributed by atoms with Gasteiger partial charge in [-0.25, -0.2) is 0 Å². The minimum atomic E-state index is -0.466. The molecule has 3 aromatic rings. The summed E-state index contributed by atoms with van der Waals surface area (Å²) in [4.78, 5) is 32.1. The normalized spacial score (nSPS) is 13.9. The Morgan fingerprint density at radius 2 is 1.62 bits per heavy atom. The van der Waals surface area contributed by atoms with Gasteiger partial charge in [-0.3, -0.25) is 24.8 Å². The first-order valence-electron chi connectivity index (χ1n) is 11.3. The van der Waals surface area contributed by atoms with Gasteiger partial charge in [0.2, 0.25) is 5.91 Å². The van der Waals surface area contributed by atoms with Gasteiger partial charge in [0.05, 0.1) is 22.8 Å². The van der Waals surface area contributed by atoms with Crippen LogP contribution in [-0.4, -0.2) is 60.0 Å². The zero-order valence-electron chi connectivity index (χ0n) is 18.9. The van der Waals surface area contributed by atoms with Gasteiger partial charge < -0.3 is 15.5 Å². The number of para-hydroxylation sites is 4. The van der Waals surface area contributed by atoms with Crippen LogP contribution in [0.2, 0.25) is 0 Å². The van der Waals surface area contributed by atoms with E-state index in [2.05, 4.69) is 37.6 Å². The highest BCUT2D eigenvalue weighted by atomic mass is 16.6. The number of rotatable bonds is 9. The molecule has 1 fully saturated rings. The lowest BCUT2D eigenvalue weighted by Gasteiger charge is -2.37. The molecule has 1 aliphatic rings. The summed E-state index contributed by atoms with van der Waals surface area (Å²) in [6.45, 7) is 4.59. The molecule has 1 aliphatic heterocycles. The Hall–Kier alpha value is -3.98. The van der Waals surface area contributed by atoms with Crippen molar-refractivity contribution in [1.82, 2.24) is 9.88 Å². The number of anilines is 3. The Morgan fingerprint density at radius 1 is 0.941 bits per heavy atom. The minimum Gasteiger partial charge on any atom is -0.371 e. The van der Waals surface area contributed by atoms with Crippen LogP contribution >= 0.6 is 0 Å². The smallest absolute Gasteiger partial charge is 0.292 e. The number of nitrogens with zero attached hydrogens (tertiary/aromatic N) is 4. The number of pyridine rings is 1. The Kier molecular flexibility index (Phi) is 7.67. The standard InChI is InChI=1S/C25H28N6O3/c32-25(19-27-21-5-1-4-8-24(21)31(33)34)28-22-6-2-3-7-23(22)30-17-15-29(16-18-30)14-11-20-9-12-26-13-10-20/h1-10,12-13,27H,11,14-19H2,(H,28,32). The van der Waals surface area contributed by atoms with Gasteiger partial charge in [0.1, 0.15) is 5.69 Å². The number of nitrogens with one attached hydrogen (secondary N) is 2. The fourth-order valence-electron chi connectivity index (χ4n) is 4.06. The van der Waals surface area contributed by atoms with E-state index in [0.717, 1.165) is 50.5 Å². The number of hydrogen-bond donors (Lipinski definition) is 2. The molecule has 0 unspecified atom stereocenters. The molecule has 4 rings (SSSR count). The summed E-state index contributed by atoms with van der Waals surface area (Å²) >= 11 is 0. The van der Waals surface area contributed by atoms with Crippen molar-refractivity contribution >= 4 is 28.7 Å². The molecule has 2 aromatic carbocycles. The fraction of sp³-hybridized carbons (Fsp3) is 0.280. The Bertz CT molecular complexity index is 1120. The van der Waals surface area contributed by atoms with Crippen LogP contribution in [0.1, 0.15) is 5.56 Å². The summed E-state index contributed by atoms with van der Waals surface area (Å²) in [5, 5.41) is 17.0. The second-order valence-corrected chi connectivity index (χ2v) is 8.13. The van der Waals surface area contributed by atoms with Crippen molar-refractivity contribution in [2.75, 3.05) is 54.8 Å². The summed E-state index contributed by atoms with van der Waals surface area (Å²) in [5.74, 6) is -0.262. The third-order valence-electron chi connectivity index (χ3n) is 5.90. The lowest BCUT2D eigenvalue weighted by atomic mass is 10.1. The number of amides is 1. The fourth-order valence-corrected chi connectivity index (χ4v) is 4.06. The highest BCUT2D eigenvalue weighted by Gasteiger charge is 2.20. The van der Waals surface area contributed by atoms with Crippen molar-refractivity contribution < 1.29 is 9.72 Å². The second-order valence-electron chi connectivity index (χ2n) is 8.13. The zero-order valence-corrected chi connectivity index (χ0v) is 18.9. The van der Waals surface area contributed by atoms with Gasteiger partial charge in [-0.2, -0.15) is 0 Å². The second kappa shape index (κ2) is 11.2. The number of carbonyl (C=O) groups excluding carboxylic acids is 1. The zero-order chi connectivity index (χ0) is 23.8. The predicted octanol–water partition coefficient (Wildman–Crippen LogP) is 3.41. The Balaban J connectivity index is 1.31. The number of carbonyl (C=O) groups is 1. The SMILES string of the molecule is O=C(CNc1ccccc1[N+](=O)[O-])Nc1ccccc1N1CCN(CCc2ccncc2)CC1. The molecule has 9 nitrogen and oxygen atoms in total. The van der Waals surface area contributed by atoms with E-state index in [-0.39, 0.29) is 18.1 Å². The summed E-state index contributed by atoms with van der Waals surface area (Å²) < 4.78 is 0. The number of aromatic nitrogens is 1. The van der Waals surface area contributed by atoms with E-state index in [1.54, 1.807) is 18.2 Å². The quantitative estimate of drug-likeness (QED) is 0.373. The van der Waals surface area contributed by atoms with Gasteiger partial charge in [0.25, 0.3) is 5.69 Å². The van der Waals surface area contributed by atoms with Crippen LogP contribution in [0.25, 0.3) is 0 Å². The third kappa shape index (κ3) is 6.08. The van der Waals surface area contributed by atoms with Crippen molar-refractivity contribution in [3.63, 3.8) is 0 Å². The molecule has 34 heavy (non-hydrogen) atoms. The van der Waals surface area contributed by atoms with Crippen molar-refractivity contribution in [3.8, 4) is 0 Å². The van der Waals surface area contributed by atoms with E-state index in [1.807, 2.05) is 36.7 Å². The summed E-state index contributed by atoms with van der Waals surface area (Å²) in [7, 11) is 0. The van der Waals surface area contributed by atoms with Crippen molar-refractivity contribution in [2.45, 2.75) is 6.42 Å². The molecule has 0 spiro atoms. The average molecular weight is 461 g/mol. The van der Waals surface area contributed by atoms with E-state index in [0.29, 0.717) is 5.69 Å². The molecule has 0 atom stereocenters. The van der Waals surface area contributed by atoms with Crippen LogP contribution in [0, 0.1) is 10.1 Å². The molecule has 0 radical (unpaired) electrons. The minimum absolute atomic E-state index is 0.0579. The molecule has 0 bridgehead atoms. The molecule has 176 valence electrons. The van der Waals surface area contributed by atoms with E-state index in [4.69, 9.17) is 0 Å². The van der Waals surface area contributed by atoms with Gasteiger partial charge in [-0.05, 0) is 42.3 Å². The van der Waals surface area contributed by atoms with Crippen LogP contribution in [0.5, 0.6) is 0 Å². The molecule has 0 aliphatic carbocycles. The number of benzene rings is 2. The first kappa shape index (κ1) is 23.2. The lowest BCUT2D eigenvalue weighted by molar-refractivity contribution is -0.383. The Labute approximate surface area is 198 Å². The maximum atomic E-state index is 12.6. The van der Waals surface area contributed by atoms with Crippen LogP contribution in [0.3, 0.4) is 0 Å². The lowest BCUT2D eigenvalue weighted by Crippen LogP contribution is -2.47. The molecule has 2 heterocycles. The average Bonchev–Trinajstić information content (AvgIpc) is 2.88. The molecule has 1 amide bonds. The van der Waals surface area contributed by atoms with Gasteiger partial charge in [-0.1, -0.05) is 24.3 Å². The van der Waals surface area contributed by atoms with Crippen LogP contribution in [0.15, 0.2) is 73.1 Å². The molecule has 2 N–H and O–H groups in total. The van der Waals surface area contributed by atoms with E-state index in [1.165, 1.54) is 11.6 Å². The van der Waals surface area contributed by atoms with Crippen LogP contribution in [0.4, 0.5) is 22.7 Å². The monoisotopic (exact) mass is 460 g/mol. The number of nitro benzene ring substituents is 1. The number of hydrogen-bond acceptors (Lipinski definition) is 7. The molecule has 9 heteroatoms. The Morgan fingerprint density at radius 3 is 2.35 bits per heavy atom. The van der Waals surface area contributed by atoms with E-state index in [9.17, 15) is 14.9 Å². The largest absolute Gasteiger partial charge is 0.371 e. The molecular formula is C25H28N6O3. The van der Waals surface area contributed by atoms with Gasteiger partial charge >= 0.3 is 0 Å². The van der Waals surface area contributed by atoms with Gasteiger partial charge in [-0.15, -0.1) is 0 Å². The molecule has 1 aromatic heterocycles. The number of piperazine rings is 1. The third-order valence-corrected chi connectivity index (χ3v) is 5.90. The molecular weight excluding hydrogens is 432 g/mol. The topological polar surface area (TPSA) is 104 Å². The summed E-state index contributed by atoms with van der Waals surface area (Å²) in [6.07, 6.45) is 4.66. The first-order chi connectivity index (χ1) is 16.6. The first-order valence-corrected chi connectivity index (χ1v) is 11.3. The molecule has 1 saturated heterocycles. The van der Waals surface area contributed by atoms with Crippen LogP contribution in [-0.2, 0) is 11.2 Å². The van der Waals surface area contributed by atoms with E-state index < -0.39 is 4.92 Å². The highest BCUT2D eigenvalue weighted by Crippen LogP contribution is 2.27. The van der Waals surface area contributed by atoms with Crippen molar-refractivity contribution in [3.05, 3.63) is 88.7 Å². The number of nitro groups is 1.